The number of imidazole rings is 1. The third-order valence-corrected chi connectivity index (χ3v) is 4.15. The monoisotopic (exact) mass is 346 g/mol. The molecule has 0 atom stereocenters. The summed E-state index contributed by atoms with van der Waals surface area (Å²) in [5.41, 5.74) is 4.60. The van der Waals surface area contributed by atoms with Gasteiger partial charge in [0.1, 0.15) is 6.61 Å². The van der Waals surface area contributed by atoms with Gasteiger partial charge in [-0.1, -0.05) is 55.1 Å². The van der Waals surface area contributed by atoms with Gasteiger partial charge in [0, 0.05) is 17.7 Å². The molecule has 2 aromatic carbocycles. The second-order valence-electron chi connectivity index (χ2n) is 6.25. The molecule has 0 aliphatic carbocycles. The Hall–Kier alpha value is -3.14. The van der Waals surface area contributed by atoms with Crippen LogP contribution in [-0.2, 0) is 22.6 Å². The van der Waals surface area contributed by atoms with E-state index in [0.29, 0.717) is 11.4 Å². The fraction of sp³-hybridized carbons (Fsp3) is 0.182. The fourth-order valence-electron chi connectivity index (χ4n) is 2.85. The normalized spacial score (nSPS) is 10.5. The molecule has 4 nitrogen and oxygen atoms in total. The largest absolute Gasteiger partial charge is 0.454 e. The van der Waals surface area contributed by atoms with E-state index in [9.17, 15) is 4.79 Å². The molecule has 132 valence electrons. The molecule has 3 rings (SSSR count). The van der Waals surface area contributed by atoms with Gasteiger partial charge >= 0.3 is 5.97 Å². The zero-order chi connectivity index (χ0) is 18.5. The van der Waals surface area contributed by atoms with Gasteiger partial charge in [-0.3, -0.25) is 4.57 Å². The lowest BCUT2D eigenvalue weighted by Gasteiger charge is -2.13. The molecule has 0 radical (unpaired) electrons. The molecule has 0 saturated heterocycles. The van der Waals surface area contributed by atoms with Gasteiger partial charge in [-0.2, -0.15) is 0 Å². The van der Waals surface area contributed by atoms with E-state index < -0.39 is 5.97 Å². The molecular weight excluding hydrogens is 324 g/mol. The van der Waals surface area contributed by atoms with Crippen LogP contribution in [0.2, 0.25) is 0 Å². The van der Waals surface area contributed by atoms with E-state index in [1.165, 1.54) is 5.56 Å². The first-order valence-electron chi connectivity index (χ1n) is 8.55. The number of aromatic nitrogens is 2. The van der Waals surface area contributed by atoms with Gasteiger partial charge in [0.2, 0.25) is 0 Å². The summed E-state index contributed by atoms with van der Waals surface area (Å²) >= 11 is 0. The van der Waals surface area contributed by atoms with Crippen molar-refractivity contribution in [1.29, 1.82) is 0 Å². The van der Waals surface area contributed by atoms with Crippen molar-refractivity contribution in [1.82, 2.24) is 9.55 Å². The van der Waals surface area contributed by atoms with Crippen LogP contribution in [0.15, 0.2) is 72.8 Å². The molecule has 3 aromatic rings. The van der Waals surface area contributed by atoms with E-state index in [-0.39, 0.29) is 6.61 Å². The van der Waals surface area contributed by atoms with Gasteiger partial charge in [0.25, 0.3) is 0 Å². The lowest BCUT2D eigenvalue weighted by atomic mass is 10.1. The minimum absolute atomic E-state index is 0.107. The Morgan fingerprint density at radius 2 is 1.69 bits per heavy atom. The molecule has 0 spiro atoms. The lowest BCUT2D eigenvalue weighted by molar-refractivity contribution is -0.140. The highest BCUT2D eigenvalue weighted by atomic mass is 16.5. The van der Waals surface area contributed by atoms with Crippen LogP contribution in [0.25, 0.3) is 5.69 Å². The van der Waals surface area contributed by atoms with Crippen LogP contribution in [0.3, 0.4) is 0 Å². The van der Waals surface area contributed by atoms with Crippen LogP contribution in [0.1, 0.15) is 29.7 Å². The van der Waals surface area contributed by atoms with E-state index in [1.54, 1.807) is 6.92 Å². The number of nitrogens with zero attached hydrogens (tertiary/aromatic N) is 2. The summed E-state index contributed by atoms with van der Waals surface area (Å²) in [7, 11) is 0. The van der Waals surface area contributed by atoms with Gasteiger partial charge in [0.05, 0.1) is 11.4 Å². The average Bonchev–Trinajstić information content (AvgIpc) is 2.96. The number of carbonyl (C=O) groups is 1. The van der Waals surface area contributed by atoms with Crippen molar-refractivity contribution < 1.29 is 9.53 Å². The molecule has 0 aliphatic rings. The van der Waals surface area contributed by atoms with Crippen molar-refractivity contribution in [2.45, 2.75) is 26.9 Å². The average molecular weight is 346 g/mol. The van der Waals surface area contributed by atoms with Crippen LogP contribution in [0.4, 0.5) is 0 Å². The van der Waals surface area contributed by atoms with Gasteiger partial charge < -0.3 is 4.74 Å². The summed E-state index contributed by atoms with van der Waals surface area (Å²) < 4.78 is 7.43. The summed E-state index contributed by atoms with van der Waals surface area (Å²) in [6, 6.07) is 20.3. The number of ether oxygens (including phenoxy) is 1. The molecule has 4 heteroatoms. The Labute approximate surface area is 153 Å². The first-order chi connectivity index (χ1) is 12.6. The maximum Gasteiger partial charge on any atom is 0.333 e. The van der Waals surface area contributed by atoms with E-state index in [4.69, 9.17) is 4.74 Å². The molecule has 0 N–H and O–H groups in total. The van der Waals surface area contributed by atoms with E-state index in [2.05, 4.69) is 28.3 Å². The predicted molar refractivity (Wildman–Crippen MR) is 102 cm³/mol. The topological polar surface area (TPSA) is 44.1 Å². The number of aryl methyl sites for hydroxylation is 1. The van der Waals surface area contributed by atoms with Crippen LogP contribution < -0.4 is 0 Å². The molecule has 26 heavy (non-hydrogen) atoms. The number of hydrogen-bond acceptors (Lipinski definition) is 3. The third-order valence-electron chi connectivity index (χ3n) is 4.15. The Kier molecular flexibility index (Phi) is 5.32. The highest BCUT2D eigenvalue weighted by Gasteiger charge is 2.17. The van der Waals surface area contributed by atoms with E-state index >= 15 is 0 Å². The zero-order valence-electron chi connectivity index (χ0n) is 15.1. The minimum Gasteiger partial charge on any atom is -0.454 e. The summed E-state index contributed by atoms with van der Waals surface area (Å²) in [5, 5.41) is 0. The van der Waals surface area contributed by atoms with Gasteiger partial charge in [-0.25, -0.2) is 9.78 Å². The molecule has 0 aliphatic heterocycles. The van der Waals surface area contributed by atoms with Gasteiger partial charge in [-0.05, 0) is 31.5 Å². The number of para-hydroxylation sites is 1. The Morgan fingerprint density at radius 1 is 1.08 bits per heavy atom. The summed E-state index contributed by atoms with van der Waals surface area (Å²) in [6.07, 6.45) is 0.753. The van der Waals surface area contributed by atoms with Gasteiger partial charge in [-0.15, -0.1) is 0 Å². The SMILES string of the molecule is C=C(C)C(=O)OCc1nc(C)c(Cc2ccccc2)n1-c1ccccc1. The molecule has 0 saturated carbocycles. The molecule has 0 unspecified atom stereocenters. The van der Waals surface area contributed by atoms with Crippen LogP contribution in [0.5, 0.6) is 0 Å². The van der Waals surface area contributed by atoms with Crippen LogP contribution >= 0.6 is 0 Å². The highest BCUT2D eigenvalue weighted by molar-refractivity contribution is 5.86. The molecule has 0 fully saturated rings. The standard InChI is InChI=1S/C22H22N2O2/c1-16(2)22(25)26-15-21-23-17(3)20(14-18-10-6-4-7-11-18)24(21)19-12-8-5-9-13-19/h4-13H,1,14-15H2,2-3H3. The summed E-state index contributed by atoms with van der Waals surface area (Å²) in [6.45, 7) is 7.36. The highest BCUT2D eigenvalue weighted by Crippen LogP contribution is 2.22. The van der Waals surface area contributed by atoms with Crippen molar-refractivity contribution >= 4 is 5.97 Å². The Morgan fingerprint density at radius 3 is 2.31 bits per heavy atom. The smallest absolute Gasteiger partial charge is 0.333 e. The number of esters is 1. The molecule has 1 aromatic heterocycles. The summed E-state index contributed by atoms with van der Waals surface area (Å²) in [5.74, 6) is 0.295. The first kappa shape index (κ1) is 17.7. The second-order valence-corrected chi connectivity index (χ2v) is 6.25. The number of rotatable bonds is 6. The predicted octanol–water partition coefficient (Wildman–Crippen LogP) is 4.39. The van der Waals surface area contributed by atoms with Crippen molar-refractivity contribution in [3.8, 4) is 5.69 Å². The van der Waals surface area contributed by atoms with Gasteiger partial charge in [0.15, 0.2) is 5.82 Å². The first-order valence-corrected chi connectivity index (χ1v) is 8.55. The number of hydrogen-bond donors (Lipinski definition) is 0. The molecule has 1 heterocycles. The Bertz CT molecular complexity index is 912. The van der Waals surface area contributed by atoms with Crippen molar-refractivity contribution in [2.24, 2.45) is 0 Å². The molecular formula is C22H22N2O2. The van der Waals surface area contributed by atoms with E-state index in [0.717, 1.165) is 23.5 Å². The minimum atomic E-state index is -0.408. The second kappa shape index (κ2) is 7.83. The van der Waals surface area contributed by atoms with Crippen LogP contribution in [-0.4, -0.2) is 15.5 Å². The van der Waals surface area contributed by atoms with Crippen LogP contribution in [0, 0.1) is 6.92 Å². The number of carbonyl (C=O) groups excluding carboxylic acids is 1. The maximum atomic E-state index is 11.8. The zero-order valence-corrected chi connectivity index (χ0v) is 15.1. The quantitative estimate of drug-likeness (QED) is 0.491. The van der Waals surface area contributed by atoms with Crippen molar-refractivity contribution in [2.75, 3.05) is 0 Å². The summed E-state index contributed by atoms with van der Waals surface area (Å²) in [4.78, 5) is 16.5. The van der Waals surface area contributed by atoms with Crippen molar-refractivity contribution in [3.05, 3.63) is 95.6 Å². The molecule has 0 bridgehead atoms. The third kappa shape index (κ3) is 3.91. The van der Waals surface area contributed by atoms with E-state index in [1.807, 2.05) is 55.5 Å². The lowest BCUT2D eigenvalue weighted by Crippen LogP contribution is -2.11. The number of benzene rings is 2. The molecule has 0 amide bonds. The maximum absolute atomic E-state index is 11.8. The fourth-order valence-corrected chi connectivity index (χ4v) is 2.85. The Balaban J connectivity index is 2.00. The van der Waals surface area contributed by atoms with Crippen molar-refractivity contribution in [3.63, 3.8) is 0 Å².